The van der Waals surface area contributed by atoms with Crippen molar-refractivity contribution < 1.29 is 4.79 Å². The summed E-state index contributed by atoms with van der Waals surface area (Å²) < 4.78 is 0. The first-order valence-electron chi connectivity index (χ1n) is 3.72. The Hall–Kier alpha value is -0.630. The van der Waals surface area contributed by atoms with Gasteiger partial charge in [-0.1, -0.05) is 13.0 Å². The zero-order valence-electron chi connectivity index (χ0n) is 6.10. The molecule has 0 aromatic rings. The lowest BCUT2D eigenvalue weighted by atomic mass is 10.00. The van der Waals surface area contributed by atoms with Crippen molar-refractivity contribution in [2.75, 3.05) is 6.54 Å². The molecule has 1 fully saturated rings. The summed E-state index contributed by atoms with van der Waals surface area (Å²) in [5.74, 6) is 0. The van der Waals surface area contributed by atoms with Gasteiger partial charge in [0.2, 0.25) is 0 Å². The molecule has 0 aromatic carbocycles. The highest BCUT2D eigenvalue weighted by Crippen LogP contribution is 2.11. The van der Waals surface area contributed by atoms with E-state index < -0.39 is 0 Å². The highest BCUT2D eigenvalue weighted by molar-refractivity contribution is 5.73. The summed E-state index contributed by atoms with van der Waals surface area (Å²) in [4.78, 5) is 10.3. The van der Waals surface area contributed by atoms with Crippen molar-refractivity contribution in [2.45, 2.75) is 25.3 Å². The van der Waals surface area contributed by atoms with E-state index in [2.05, 4.69) is 11.9 Å². The first-order chi connectivity index (χ1) is 4.84. The summed E-state index contributed by atoms with van der Waals surface area (Å²) in [7, 11) is 0. The third-order valence-corrected chi connectivity index (χ3v) is 1.91. The molecule has 2 heteroatoms. The van der Waals surface area contributed by atoms with Crippen LogP contribution in [0.5, 0.6) is 0 Å². The number of carbonyl (C=O) groups is 1. The molecule has 1 heterocycles. The fraction of sp³-hybridized carbons (Fsp3) is 0.625. The molecule has 2 nitrogen and oxygen atoms in total. The zero-order valence-corrected chi connectivity index (χ0v) is 6.10. The molecule has 1 rings (SSSR count). The minimum atomic E-state index is 0.256. The zero-order chi connectivity index (χ0) is 7.40. The molecule has 0 bridgehead atoms. The van der Waals surface area contributed by atoms with Gasteiger partial charge in [-0.15, -0.1) is 0 Å². The van der Waals surface area contributed by atoms with Gasteiger partial charge in [0.25, 0.3) is 0 Å². The molecule has 0 aromatic heterocycles. The summed E-state index contributed by atoms with van der Waals surface area (Å²) >= 11 is 0. The van der Waals surface area contributed by atoms with Gasteiger partial charge < -0.3 is 5.32 Å². The van der Waals surface area contributed by atoms with Crippen LogP contribution in [0.3, 0.4) is 0 Å². The first-order valence-corrected chi connectivity index (χ1v) is 3.72. The molecule has 1 unspecified atom stereocenters. The molecule has 1 N–H and O–H groups in total. The van der Waals surface area contributed by atoms with Gasteiger partial charge in [0.15, 0.2) is 0 Å². The smallest absolute Gasteiger partial charge is 0.147 e. The molecule has 0 aliphatic carbocycles. The number of hydrogen-bond donors (Lipinski definition) is 1. The van der Waals surface area contributed by atoms with E-state index in [4.69, 9.17) is 0 Å². The third-order valence-electron chi connectivity index (χ3n) is 1.91. The van der Waals surface area contributed by atoms with Crippen molar-refractivity contribution in [2.24, 2.45) is 0 Å². The van der Waals surface area contributed by atoms with E-state index in [1.165, 1.54) is 12.8 Å². The number of aldehydes is 1. The van der Waals surface area contributed by atoms with E-state index in [0.717, 1.165) is 19.3 Å². The minimum Gasteiger partial charge on any atom is -0.310 e. The van der Waals surface area contributed by atoms with E-state index in [9.17, 15) is 4.79 Å². The number of carbonyl (C=O) groups excluding carboxylic acids is 1. The van der Waals surface area contributed by atoms with Crippen LogP contribution in [-0.2, 0) is 4.79 Å². The Morgan fingerprint density at radius 2 is 2.40 bits per heavy atom. The Balaban J connectivity index is 2.38. The van der Waals surface area contributed by atoms with Gasteiger partial charge in [0, 0.05) is 11.6 Å². The summed E-state index contributed by atoms with van der Waals surface area (Å²) in [5, 5.41) is 3.24. The number of nitrogens with one attached hydrogen (secondary N) is 1. The average Bonchev–Trinajstić information content (AvgIpc) is 2.05. The largest absolute Gasteiger partial charge is 0.310 e. The van der Waals surface area contributed by atoms with Crippen molar-refractivity contribution in [1.82, 2.24) is 5.32 Å². The summed E-state index contributed by atoms with van der Waals surface area (Å²) in [6.07, 6.45) is 4.35. The molecule has 1 atom stereocenters. The number of hydrogen-bond acceptors (Lipinski definition) is 2. The van der Waals surface area contributed by atoms with E-state index in [-0.39, 0.29) is 6.04 Å². The van der Waals surface area contributed by atoms with Crippen LogP contribution < -0.4 is 5.32 Å². The lowest BCUT2D eigenvalue weighted by Gasteiger charge is -2.22. The van der Waals surface area contributed by atoms with Crippen LogP contribution in [0.1, 0.15) is 19.3 Å². The van der Waals surface area contributed by atoms with Crippen LogP contribution in [0, 0.1) is 0 Å². The normalized spacial score (nSPS) is 25.8. The maximum absolute atomic E-state index is 10.3. The van der Waals surface area contributed by atoms with Gasteiger partial charge >= 0.3 is 0 Å². The molecule has 0 radical (unpaired) electrons. The molecule has 1 aliphatic heterocycles. The lowest BCUT2D eigenvalue weighted by Crippen LogP contribution is -2.35. The SMILES string of the molecule is C=C(C=O)C1CCCCN1. The Kier molecular flexibility index (Phi) is 2.63. The Labute approximate surface area is 61.3 Å². The van der Waals surface area contributed by atoms with Crippen molar-refractivity contribution in [1.29, 1.82) is 0 Å². The van der Waals surface area contributed by atoms with Gasteiger partial charge in [0.05, 0.1) is 0 Å². The highest BCUT2D eigenvalue weighted by atomic mass is 16.1. The fourth-order valence-electron chi connectivity index (χ4n) is 1.25. The van der Waals surface area contributed by atoms with E-state index in [1.54, 1.807) is 0 Å². The highest BCUT2D eigenvalue weighted by Gasteiger charge is 2.13. The van der Waals surface area contributed by atoms with Gasteiger partial charge in [-0.2, -0.15) is 0 Å². The monoisotopic (exact) mass is 139 g/mol. The van der Waals surface area contributed by atoms with E-state index in [1.807, 2.05) is 0 Å². The van der Waals surface area contributed by atoms with Crippen molar-refractivity contribution in [3.63, 3.8) is 0 Å². The van der Waals surface area contributed by atoms with Crippen LogP contribution in [0.4, 0.5) is 0 Å². The predicted molar refractivity (Wildman–Crippen MR) is 40.8 cm³/mol. The second kappa shape index (κ2) is 3.52. The van der Waals surface area contributed by atoms with Crippen LogP contribution in [0.2, 0.25) is 0 Å². The molecule has 0 amide bonds. The molecule has 1 aliphatic rings. The van der Waals surface area contributed by atoms with E-state index in [0.29, 0.717) is 5.57 Å². The summed E-state index contributed by atoms with van der Waals surface area (Å²) in [6, 6.07) is 0.256. The number of piperidine rings is 1. The minimum absolute atomic E-state index is 0.256. The Morgan fingerprint density at radius 1 is 1.60 bits per heavy atom. The first kappa shape index (κ1) is 7.48. The van der Waals surface area contributed by atoms with Crippen molar-refractivity contribution >= 4 is 6.29 Å². The van der Waals surface area contributed by atoms with E-state index >= 15 is 0 Å². The third kappa shape index (κ3) is 1.67. The van der Waals surface area contributed by atoms with Crippen LogP contribution >= 0.6 is 0 Å². The molecule has 0 spiro atoms. The molecule has 0 saturated carbocycles. The molecule has 1 saturated heterocycles. The quantitative estimate of drug-likeness (QED) is 0.454. The maximum Gasteiger partial charge on any atom is 0.147 e. The summed E-state index contributed by atoms with van der Waals surface area (Å²) in [5.41, 5.74) is 0.694. The second-order valence-corrected chi connectivity index (χ2v) is 2.70. The van der Waals surface area contributed by atoms with Gasteiger partial charge in [-0.25, -0.2) is 0 Å². The van der Waals surface area contributed by atoms with Crippen molar-refractivity contribution in [3.05, 3.63) is 12.2 Å². The molecular weight excluding hydrogens is 126 g/mol. The van der Waals surface area contributed by atoms with Crippen LogP contribution in [0.15, 0.2) is 12.2 Å². The predicted octanol–water partition coefficient (Wildman–Crippen LogP) is 0.884. The van der Waals surface area contributed by atoms with Gasteiger partial charge in [-0.3, -0.25) is 4.79 Å². The van der Waals surface area contributed by atoms with Crippen molar-refractivity contribution in [3.8, 4) is 0 Å². The van der Waals surface area contributed by atoms with Gasteiger partial charge in [-0.05, 0) is 19.4 Å². The second-order valence-electron chi connectivity index (χ2n) is 2.70. The average molecular weight is 139 g/mol. The lowest BCUT2D eigenvalue weighted by molar-refractivity contribution is -0.105. The van der Waals surface area contributed by atoms with Gasteiger partial charge in [0.1, 0.15) is 6.29 Å². The molecule has 10 heavy (non-hydrogen) atoms. The van der Waals surface area contributed by atoms with Crippen LogP contribution in [-0.4, -0.2) is 18.9 Å². The standard InChI is InChI=1S/C8H13NO/c1-7(6-10)8-4-2-3-5-9-8/h6,8-9H,1-5H2. The van der Waals surface area contributed by atoms with Crippen LogP contribution in [0.25, 0.3) is 0 Å². The Morgan fingerprint density at radius 3 is 2.90 bits per heavy atom. The molecule has 56 valence electrons. The maximum atomic E-state index is 10.3. The number of rotatable bonds is 2. The molecular formula is C8H13NO. The summed E-state index contributed by atoms with van der Waals surface area (Å²) in [6.45, 7) is 4.69. The topological polar surface area (TPSA) is 29.1 Å². The fourth-order valence-corrected chi connectivity index (χ4v) is 1.25. The Bertz CT molecular complexity index is 136.